The topological polar surface area (TPSA) is 194 Å². The molecule has 4 N–H and O–H groups in total. The molecular formula is C53H88N2O12. The van der Waals surface area contributed by atoms with E-state index in [-0.39, 0.29) is 61.2 Å². The van der Waals surface area contributed by atoms with Crippen LogP contribution in [0.15, 0.2) is 48.1 Å². The maximum atomic E-state index is 14.5. The highest BCUT2D eigenvalue weighted by molar-refractivity contribution is 6.39. The monoisotopic (exact) mass is 945 g/mol. The van der Waals surface area contributed by atoms with Crippen LogP contribution in [0.3, 0.4) is 0 Å². The van der Waals surface area contributed by atoms with Crippen LogP contribution in [-0.2, 0) is 42.8 Å². The molecule has 2 aliphatic heterocycles. The van der Waals surface area contributed by atoms with Gasteiger partial charge in [0.15, 0.2) is 0 Å². The van der Waals surface area contributed by atoms with Crippen molar-refractivity contribution in [3.05, 3.63) is 48.1 Å². The Morgan fingerprint density at radius 1 is 0.925 bits per heavy atom. The molecule has 3 fully saturated rings. The lowest BCUT2D eigenvalue weighted by Crippen LogP contribution is -2.61. The number of esters is 1. The zero-order chi connectivity index (χ0) is 50.2. The van der Waals surface area contributed by atoms with Crippen molar-refractivity contribution in [3.8, 4) is 0 Å². The number of carbonyl (C=O) groups is 3. The summed E-state index contributed by atoms with van der Waals surface area (Å²) in [4.78, 5) is 44.3. The molecule has 0 aromatic carbocycles. The first kappa shape index (κ1) is 58.2. The number of hydrogen-bond donors (Lipinski definition) is 4. The second kappa shape index (κ2) is 27.9. The van der Waals surface area contributed by atoms with Crippen molar-refractivity contribution in [2.45, 2.75) is 193 Å². The Morgan fingerprint density at radius 3 is 2.24 bits per heavy atom. The van der Waals surface area contributed by atoms with E-state index in [4.69, 9.17) is 33.8 Å². The molecule has 0 radical (unpaired) electrons. The zero-order valence-electron chi connectivity index (χ0n) is 42.9. The number of aliphatic hydroxyl groups excluding tert-OH is 2. The molecule has 14 nitrogen and oxygen atoms in total. The first-order valence-electron chi connectivity index (χ1n) is 24.8. The van der Waals surface area contributed by atoms with E-state index in [9.17, 15) is 29.7 Å². The Hall–Kier alpha value is -3.08. The summed E-state index contributed by atoms with van der Waals surface area (Å²) in [5.74, 6) is -5.90. The predicted octanol–water partition coefficient (Wildman–Crippen LogP) is 7.71. The third-order valence-electron chi connectivity index (χ3n) is 14.9. The second-order valence-electron chi connectivity index (χ2n) is 20.0. The molecule has 3 aliphatic rings. The van der Waals surface area contributed by atoms with Gasteiger partial charge in [-0.1, -0.05) is 71.6 Å². The van der Waals surface area contributed by atoms with E-state index in [1.165, 1.54) is 12.0 Å². The molecule has 0 bridgehead atoms. The molecule has 0 spiro atoms. The summed E-state index contributed by atoms with van der Waals surface area (Å²) in [6.07, 6.45) is 11.3. The normalized spacial score (nSPS) is 29.5. The number of piperidine rings is 1. The van der Waals surface area contributed by atoms with Gasteiger partial charge < -0.3 is 54.0 Å². The number of allylic oxidation sites excluding steroid dienone is 4. The summed E-state index contributed by atoms with van der Waals surface area (Å²) in [7, 11) is 6.29. The lowest BCUT2D eigenvalue weighted by atomic mass is 9.78. The maximum absolute atomic E-state index is 14.5. The van der Waals surface area contributed by atoms with Crippen molar-refractivity contribution in [2.24, 2.45) is 35.5 Å². The molecule has 1 aliphatic carbocycles. The molecule has 2 saturated heterocycles. The Bertz CT molecular complexity index is 1700. The van der Waals surface area contributed by atoms with Crippen molar-refractivity contribution < 1.29 is 58.1 Å². The molecule has 382 valence electrons. The lowest BCUT2D eigenvalue weighted by molar-refractivity contribution is -0.265. The number of ether oxygens (including phenoxy) is 6. The smallest absolute Gasteiger partial charge is 0.329 e. The minimum absolute atomic E-state index is 0.116. The van der Waals surface area contributed by atoms with Gasteiger partial charge in [0.25, 0.3) is 11.7 Å². The zero-order valence-corrected chi connectivity index (χ0v) is 42.9. The molecule has 16 atom stereocenters. The summed E-state index contributed by atoms with van der Waals surface area (Å²) >= 11 is 0. The van der Waals surface area contributed by atoms with Gasteiger partial charge in [-0.25, -0.2) is 4.79 Å². The van der Waals surface area contributed by atoms with Gasteiger partial charge in [0, 0.05) is 65.4 Å². The minimum Gasteiger partial charge on any atom is -0.460 e. The minimum atomic E-state index is -2.39. The van der Waals surface area contributed by atoms with E-state index in [0.717, 1.165) is 18.4 Å². The quantitative estimate of drug-likeness (QED) is 0.0217. The molecule has 3 rings (SSSR count). The predicted molar refractivity (Wildman–Crippen MR) is 260 cm³/mol. The number of rotatable bonds is 26. The van der Waals surface area contributed by atoms with E-state index >= 15 is 0 Å². The third-order valence-corrected chi connectivity index (χ3v) is 14.9. The van der Waals surface area contributed by atoms with Crippen LogP contribution < -0.4 is 0 Å². The number of likely N-dealkylation sites (tertiary alicyclic amines) is 1. The van der Waals surface area contributed by atoms with Crippen molar-refractivity contribution in [1.82, 2.24) is 4.90 Å². The van der Waals surface area contributed by atoms with Gasteiger partial charge in [-0.15, -0.1) is 0 Å². The Balaban J connectivity index is 1.88. The molecule has 14 heteroatoms. The van der Waals surface area contributed by atoms with E-state index in [1.54, 1.807) is 34.3 Å². The fourth-order valence-corrected chi connectivity index (χ4v) is 10.6. The number of carbonyl (C=O) groups excluding carboxylic acids is 3. The van der Waals surface area contributed by atoms with Crippen LogP contribution in [0.2, 0.25) is 0 Å². The molecular weight excluding hydrogens is 857 g/mol. The van der Waals surface area contributed by atoms with E-state index in [1.807, 2.05) is 59.8 Å². The lowest BCUT2D eigenvalue weighted by Gasteiger charge is -2.43. The first-order valence-corrected chi connectivity index (χ1v) is 24.8. The van der Waals surface area contributed by atoms with Gasteiger partial charge in [-0.2, -0.15) is 0 Å². The molecule has 2 heterocycles. The fourth-order valence-electron chi connectivity index (χ4n) is 10.6. The molecule has 0 aromatic rings. The average Bonchev–Trinajstić information content (AvgIpc) is 3.30. The van der Waals surface area contributed by atoms with Crippen LogP contribution >= 0.6 is 0 Å². The van der Waals surface area contributed by atoms with Crippen molar-refractivity contribution in [3.63, 3.8) is 0 Å². The second-order valence-corrected chi connectivity index (χ2v) is 20.0. The number of Topliss-reactive ketones (excluding diaryl/α,β-unsaturated/α-hetero) is 1. The van der Waals surface area contributed by atoms with Crippen molar-refractivity contribution in [2.75, 3.05) is 35.0 Å². The summed E-state index contributed by atoms with van der Waals surface area (Å²) < 4.78 is 35.7. The molecule has 0 aromatic heterocycles. The van der Waals surface area contributed by atoms with Gasteiger partial charge in [-0.3, -0.25) is 9.59 Å². The maximum Gasteiger partial charge on any atom is 0.329 e. The largest absolute Gasteiger partial charge is 0.460 e. The van der Waals surface area contributed by atoms with Crippen LogP contribution in [-0.4, -0.2) is 139 Å². The Morgan fingerprint density at radius 2 is 1.63 bits per heavy atom. The highest BCUT2D eigenvalue weighted by Gasteiger charge is 2.53. The SMILES string of the molecule is C=C/C=C(\C)[C@H](C[C@@H]1CC[C@@H](C)[C@](O)(C(=O)C(=O)N2CCCC[C@H]2C(=O)O[C@@H](C[C@@H](OC)[C@H](C)/C=C(\C)[C@@H](O)[C@@H](OC)C(=N)[C@H](C)C[C@H](C)/C=C/C)[C@H](C)C[C@@H]2CC[C@@H](O)[C@H](OC)C2)O1)OC. The van der Waals surface area contributed by atoms with Crippen LogP contribution in [0.1, 0.15) is 132 Å². The van der Waals surface area contributed by atoms with Gasteiger partial charge in [0.2, 0.25) is 5.79 Å². The van der Waals surface area contributed by atoms with Crippen LogP contribution in [0.25, 0.3) is 0 Å². The summed E-state index contributed by atoms with van der Waals surface area (Å²) in [6.45, 7) is 19.4. The van der Waals surface area contributed by atoms with Gasteiger partial charge >= 0.3 is 5.97 Å². The van der Waals surface area contributed by atoms with Crippen LogP contribution in [0, 0.1) is 40.9 Å². The highest BCUT2D eigenvalue weighted by atomic mass is 16.6. The van der Waals surface area contributed by atoms with E-state index in [2.05, 4.69) is 19.6 Å². The Kier molecular flexibility index (Phi) is 24.3. The number of aliphatic hydroxyl groups is 3. The number of nitrogens with zero attached hydrogens (tertiary/aromatic N) is 1. The molecule has 1 amide bonds. The van der Waals surface area contributed by atoms with Crippen molar-refractivity contribution in [1.29, 1.82) is 5.41 Å². The van der Waals surface area contributed by atoms with Crippen LogP contribution in [0.5, 0.6) is 0 Å². The number of nitrogens with one attached hydrogen (secondary N) is 1. The highest BCUT2D eigenvalue weighted by Crippen LogP contribution is 2.38. The standard InChI is InChI=1S/C53H88N2O12/c1-14-18-32(3)26-36(7)47(54)49(65-13)48(57)37(8)27-34(5)44(63-11)31-45(35(6)28-39-22-24-42(56)46(29-39)64-12)66-52(60)41-20-16-17-25-55(41)51(59)50(58)53(61)38(9)21-23-40(67-53)30-43(62-10)33(4)19-15-2/h14-15,18-19,27,32,34-36,38-46,48-49,54,56-57,61H,2,16-17,20-26,28-31H2,1,3-13H3/b18-14+,33-19+,37-27+,54-47?/t32-,34-,35-,36-,38-,39+,40+,41+,42-,43+,44-,45+,46-,48-,49+,53-/m1/s1. The number of amides is 1. The summed E-state index contributed by atoms with van der Waals surface area (Å²) in [6, 6.07) is -1.06. The van der Waals surface area contributed by atoms with Gasteiger partial charge in [0.1, 0.15) is 24.4 Å². The number of hydrogen-bond acceptors (Lipinski definition) is 13. The van der Waals surface area contributed by atoms with Gasteiger partial charge in [0.05, 0.1) is 30.5 Å². The van der Waals surface area contributed by atoms with E-state index in [0.29, 0.717) is 62.7 Å². The number of ketones is 1. The van der Waals surface area contributed by atoms with Crippen molar-refractivity contribution >= 4 is 23.4 Å². The Labute approximate surface area is 402 Å². The van der Waals surface area contributed by atoms with Gasteiger partial charge in [-0.05, 0) is 120 Å². The summed E-state index contributed by atoms with van der Waals surface area (Å²) in [5, 5.41) is 42.9. The first-order chi connectivity index (χ1) is 31.7. The molecule has 0 unspecified atom stereocenters. The summed E-state index contributed by atoms with van der Waals surface area (Å²) in [5.41, 5.74) is 1.85. The average molecular weight is 945 g/mol. The van der Waals surface area contributed by atoms with E-state index < -0.39 is 72.0 Å². The molecule has 67 heavy (non-hydrogen) atoms. The number of methoxy groups -OCH3 is 4. The molecule has 1 saturated carbocycles. The third kappa shape index (κ3) is 16.0. The fraction of sp³-hybridized carbons (Fsp3) is 0.774. The van der Waals surface area contributed by atoms with Crippen LogP contribution in [0.4, 0.5) is 0 Å².